The van der Waals surface area contributed by atoms with E-state index >= 15 is 0 Å². The van der Waals surface area contributed by atoms with Crippen LogP contribution in [0.3, 0.4) is 0 Å². The van der Waals surface area contributed by atoms with Gasteiger partial charge in [-0.2, -0.15) is 0 Å². The molecule has 0 radical (unpaired) electrons. The summed E-state index contributed by atoms with van der Waals surface area (Å²) in [5, 5.41) is 0.790. The summed E-state index contributed by atoms with van der Waals surface area (Å²) >= 11 is 0. The van der Waals surface area contributed by atoms with Crippen LogP contribution in [0.4, 0.5) is 8.78 Å². The van der Waals surface area contributed by atoms with E-state index in [0.29, 0.717) is 11.3 Å². The van der Waals surface area contributed by atoms with Crippen LogP contribution >= 0.6 is 0 Å². The maximum absolute atomic E-state index is 13.5. The van der Waals surface area contributed by atoms with Gasteiger partial charge in [-0.1, -0.05) is 18.2 Å². The van der Waals surface area contributed by atoms with Gasteiger partial charge < -0.3 is 9.72 Å². The molecule has 3 rings (SSSR count). The van der Waals surface area contributed by atoms with Crippen LogP contribution in [0.1, 0.15) is 5.69 Å². The van der Waals surface area contributed by atoms with Crippen molar-refractivity contribution in [3.05, 3.63) is 65.9 Å². The molecule has 0 unspecified atom stereocenters. The van der Waals surface area contributed by atoms with Gasteiger partial charge in [0.1, 0.15) is 24.0 Å². The molecule has 1 N–H and O–H groups in total. The molecule has 0 aliphatic carbocycles. The second-order valence-electron chi connectivity index (χ2n) is 4.24. The number of halogens is 2. The van der Waals surface area contributed by atoms with Crippen molar-refractivity contribution >= 4 is 10.9 Å². The molecule has 19 heavy (non-hydrogen) atoms. The zero-order chi connectivity index (χ0) is 13.2. The van der Waals surface area contributed by atoms with Crippen molar-refractivity contribution in [3.8, 4) is 5.75 Å². The molecule has 1 aromatic heterocycles. The number of ether oxygens (including phenoxy) is 1. The molecular weight excluding hydrogens is 248 g/mol. The van der Waals surface area contributed by atoms with E-state index < -0.39 is 0 Å². The highest BCUT2D eigenvalue weighted by Gasteiger charge is 2.05. The summed E-state index contributed by atoms with van der Waals surface area (Å²) < 4.78 is 31.9. The number of hydrogen-bond acceptors (Lipinski definition) is 1. The van der Waals surface area contributed by atoms with Crippen molar-refractivity contribution in [2.45, 2.75) is 6.61 Å². The summed E-state index contributed by atoms with van der Waals surface area (Å²) in [5.41, 5.74) is 1.20. The van der Waals surface area contributed by atoms with Crippen molar-refractivity contribution in [1.82, 2.24) is 4.98 Å². The van der Waals surface area contributed by atoms with E-state index in [0.717, 1.165) is 11.1 Å². The number of fused-ring (bicyclic) bond motifs is 1. The lowest BCUT2D eigenvalue weighted by Crippen LogP contribution is -1.95. The summed E-state index contributed by atoms with van der Waals surface area (Å²) in [6.07, 6.45) is 0. The Labute approximate surface area is 108 Å². The van der Waals surface area contributed by atoms with Crippen LogP contribution in [0, 0.1) is 11.6 Å². The van der Waals surface area contributed by atoms with Gasteiger partial charge in [0.25, 0.3) is 0 Å². The van der Waals surface area contributed by atoms with Gasteiger partial charge in [-0.3, -0.25) is 0 Å². The lowest BCUT2D eigenvalue weighted by Gasteiger charge is -2.04. The number of aromatic nitrogens is 1. The van der Waals surface area contributed by atoms with E-state index in [1.807, 2.05) is 12.1 Å². The van der Waals surface area contributed by atoms with Gasteiger partial charge >= 0.3 is 0 Å². The predicted molar refractivity (Wildman–Crippen MR) is 69.0 cm³/mol. The van der Waals surface area contributed by atoms with Crippen molar-refractivity contribution in [3.63, 3.8) is 0 Å². The lowest BCUT2D eigenvalue weighted by molar-refractivity contribution is 0.300. The molecule has 0 atom stereocenters. The molecule has 0 aliphatic rings. The maximum Gasteiger partial charge on any atom is 0.147 e. The molecule has 0 fully saturated rings. The Hall–Kier alpha value is -2.36. The van der Waals surface area contributed by atoms with Crippen LogP contribution in [0.25, 0.3) is 10.9 Å². The number of hydrogen-bond donors (Lipinski definition) is 1. The minimum atomic E-state index is -0.347. The second kappa shape index (κ2) is 4.72. The first kappa shape index (κ1) is 11.7. The molecule has 2 nitrogen and oxygen atoms in total. The quantitative estimate of drug-likeness (QED) is 0.754. The Morgan fingerprint density at radius 2 is 1.84 bits per heavy atom. The van der Waals surface area contributed by atoms with Crippen LogP contribution in [-0.2, 0) is 6.61 Å². The highest BCUT2D eigenvalue weighted by Crippen LogP contribution is 2.20. The molecular formula is C15H11F2NO. The molecule has 4 heteroatoms. The first-order valence-electron chi connectivity index (χ1n) is 5.87. The van der Waals surface area contributed by atoms with Crippen molar-refractivity contribution in [2.75, 3.05) is 0 Å². The zero-order valence-electron chi connectivity index (χ0n) is 9.99. The molecule has 0 bridgehead atoms. The van der Waals surface area contributed by atoms with E-state index in [2.05, 4.69) is 4.98 Å². The number of aromatic amines is 1. The van der Waals surface area contributed by atoms with E-state index in [1.165, 1.54) is 18.2 Å². The minimum Gasteiger partial charge on any atom is -0.487 e. The number of para-hydroxylation sites is 1. The Morgan fingerprint density at radius 1 is 1.00 bits per heavy atom. The number of nitrogens with one attached hydrogen (secondary N) is 1. The van der Waals surface area contributed by atoms with E-state index in [-0.39, 0.29) is 18.2 Å². The molecule has 0 saturated heterocycles. The molecule has 2 aromatic carbocycles. The normalized spacial score (nSPS) is 10.8. The first-order chi connectivity index (χ1) is 9.22. The molecule has 0 aliphatic heterocycles. The summed E-state index contributed by atoms with van der Waals surface area (Å²) in [6, 6.07) is 12.6. The van der Waals surface area contributed by atoms with Crippen LogP contribution in [-0.4, -0.2) is 4.98 Å². The number of benzene rings is 2. The fourth-order valence-corrected chi connectivity index (χ4v) is 1.97. The van der Waals surface area contributed by atoms with Gasteiger partial charge in [0.15, 0.2) is 0 Å². The predicted octanol–water partition coefficient (Wildman–Crippen LogP) is 4.03. The molecule has 0 spiro atoms. The van der Waals surface area contributed by atoms with E-state index in [9.17, 15) is 8.78 Å². The number of H-pyrrole nitrogens is 1. The van der Waals surface area contributed by atoms with E-state index in [1.54, 1.807) is 18.2 Å². The van der Waals surface area contributed by atoms with Crippen molar-refractivity contribution in [2.24, 2.45) is 0 Å². The third-order valence-electron chi connectivity index (χ3n) is 2.85. The minimum absolute atomic E-state index is 0.234. The van der Waals surface area contributed by atoms with Gasteiger partial charge in [0.2, 0.25) is 0 Å². The lowest BCUT2D eigenvalue weighted by atomic mass is 10.2. The van der Waals surface area contributed by atoms with Crippen LogP contribution in [0.2, 0.25) is 0 Å². The topological polar surface area (TPSA) is 25.0 Å². The van der Waals surface area contributed by atoms with Crippen LogP contribution in [0.5, 0.6) is 5.75 Å². The van der Waals surface area contributed by atoms with Crippen LogP contribution in [0.15, 0.2) is 48.5 Å². The molecule has 1 heterocycles. The summed E-state index contributed by atoms with van der Waals surface area (Å²) in [5.74, 6) is -0.200. The van der Waals surface area contributed by atoms with Crippen molar-refractivity contribution in [1.29, 1.82) is 0 Å². The van der Waals surface area contributed by atoms with Gasteiger partial charge in [0, 0.05) is 11.5 Å². The third-order valence-corrected chi connectivity index (χ3v) is 2.85. The van der Waals surface area contributed by atoms with Gasteiger partial charge in [-0.25, -0.2) is 8.78 Å². The summed E-state index contributed by atoms with van der Waals surface area (Å²) in [4.78, 5) is 2.95. The highest BCUT2D eigenvalue weighted by molar-refractivity contribution is 5.80. The van der Waals surface area contributed by atoms with E-state index in [4.69, 9.17) is 4.74 Å². The fraction of sp³-hybridized carbons (Fsp3) is 0.0667. The Morgan fingerprint density at radius 3 is 2.63 bits per heavy atom. The molecule has 0 amide bonds. The first-order valence-corrected chi connectivity index (χ1v) is 5.87. The Balaban J connectivity index is 1.80. The van der Waals surface area contributed by atoms with Crippen molar-refractivity contribution < 1.29 is 13.5 Å². The second-order valence-corrected chi connectivity index (χ2v) is 4.24. The fourth-order valence-electron chi connectivity index (χ4n) is 1.97. The van der Waals surface area contributed by atoms with Gasteiger partial charge in [0.05, 0.1) is 11.2 Å². The Bertz CT molecular complexity index is 721. The van der Waals surface area contributed by atoms with Gasteiger partial charge in [-0.15, -0.1) is 0 Å². The average Bonchev–Trinajstić information content (AvgIpc) is 2.81. The van der Waals surface area contributed by atoms with Gasteiger partial charge in [-0.05, 0) is 24.3 Å². The molecule has 96 valence electrons. The average molecular weight is 259 g/mol. The van der Waals surface area contributed by atoms with Crippen LogP contribution < -0.4 is 4.74 Å². The third kappa shape index (κ3) is 2.42. The molecule has 0 saturated carbocycles. The smallest absolute Gasteiger partial charge is 0.147 e. The Kier molecular flexibility index (Phi) is 2.91. The largest absolute Gasteiger partial charge is 0.487 e. The zero-order valence-corrected chi connectivity index (χ0v) is 9.99. The maximum atomic E-state index is 13.5. The SMILES string of the molecule is Fc1cccc(OCc2cc3cccc(F)c3[nH]2)c1. The summed E-state index contributed by atoms with van der Waals surface area (Å²) in [7, 11) is 0. The highest BCUT2D eigenvalue weighted by atomic mass is 19.1. The molecule has 3 aromatic rings. The standard InChI is InChI=1S/C15H11F2NO/c16-11-4-2-5-13(8-11)19-9-12-7-10-3-1-6-14(17)15(10)18-12/h1-8,18H,9H2. The summed E-state index contributed by atoms with van der Waals surface area (Å²) in [6.45, 7) is 0.234. The monoisotopic (exact) mass is 259 g/mol. The number of rotatable bonds is 3.